The van der Waals surface area contributed by atoms with Crippen molar-refractivity contribution in [2.45, 2.75) is 58.5 Å². The fourth-order valence-electron chi connectivity index (χ4n) is 3.08. The van der Waals surface area contributed by atoms with Crippen molar-refractivity contribution in [1.82, 2.24) is 4.90 Å². The molecule has 0 aliphatic carbocycles. The second-order valence-corrected chi connectivity index (χ2v) is 5.83. The minimum absolute atomic E-state index is 0.0639. The fourth-order valence-corrected chi connectivity index (χ4v) is 3.08. The Morgan fingerprint density at radius 3 is 2.29 bits per heavy atom. The molecule has 1 heterocycles. The van der Waals surface area contributed by atoms with Crippen LogP contribution in [0.1, 0.15) is 52.4 Å². The van der Waals surface area contributed by atoms with Gasteiger partial charge in [0.2, 0.25) is 5.91 Å². The Morgan fingerprint density at radius 1 is 1.29 bits per heavy atom. The number of hydrogen-bond acceptors (Lipinski definition) is 2. The molecule has 1 aliphatic rings. The maximum atomic E-state index is 12.8. The van der Waals surface area contributed by atoms with Crippen molar-refractivity contribution in [3.63, 3.8) is 0 Å². The highest BCUT2D eigenvalue weighted by Gasteiger charge is 2.46. The van der Waals surface area contributed by atoms with E-state index < -0.39 is 23.4 Å². The van der Waals surface area contributed by atoms with Crippen LogP contribution in [0, 0.1) is 22.7 Å². The predicted octanol–water partition coefficient (Wildman–Crippen LogP) is 3.90. The van der Waals surface area contributed by atoms with Gasteiger partial charge < -0.3 is 4.90 Å². The second-order valence-electron chi connectivity index (χ2n) is 5.83. The van der Waals surface area contributed by atoms with Gasteiger partial charge in [-0.05, 0) is 25.7 Å². The van der Waals surface area contributed by atoms with Gasteiger partial charge in [-0.15, -0.1) is 0 Å². The molecule has 21 heavy (non-hydrogen) atoms. The van der Waals surface area contributed by atoms with E-state index in [0.717, 1.165) is 0 Å². The topological polar surface area (TPSA) is 44.1 Å². The van der Waals surface area contributed by atoms with Crippen LogP contribution < -0.4 is 0 Å². The van der Waals surface area contributed by atoms with Gasteiger partial charge in [0.25, 0.3) is 0 Å². The molecule has 0 bridgehead atoms. The minimum Gasteiger partial charge on any atom is -0.341 e. The summed E-state index contributed by atoms with van der Waals surface area (Å²) in [4.78, 5) is 13.9. The molecule has 1 unspecified atom stereocenters. The Balaban J connectivity index is 2.91. The molecule has 0 radical (unpaired) electrons. The van der Waals surface area contributed by atoms with E-state index in [1.165, 1.54) is 4.90 Å². The van der Waals surface area contributed by atoms with Gasteiger partial charge in [-0.1, -0.05) is 26.7 Å². The Hall–Kier alpha value is -1.25. The number of alkyl halides is 3. The number of halogens is 3. The SMILES string of the molecule is CCCC(C#N)(CCC)C(=O)N1CCCC(C(F)(F)F)C1. The maximum absolute atomic E-state index is 12.8. The highest BCUT2D eigenvalue weighted by atomic mass is 19.4. The summed E-state index contributed by atoms with van der Waals surface area (Å²) < 4.78 is 38.5. The number of carbonyl (C=O) groups excluding carboxylic acids is 1. The molecular weight excluding hydrogens is 281 g/mol. The highest BCUT2D eigenvalue weighted by molar-refractivity contribution is 5.85. The van der Waals surface area contributed by atoms with E-state index in [-0.39, 0.29) is 13.0 Å². The zero-order valence-electron chi connectivity index (χ0n) is 12.7. The molecule has 0 spiro atoms. The van der Waals surface area contributed by atoms with E-state index in [2.05, 4.69) is 6.07 Å². The monoisotopic (exact) mass is 304 g/mol. The minimum atomic E-state index is -4.27. The van der Waals surface area contributed by atoms with Crippen LogP contribution in [0.3, 0.4) is 0 Å². The molecular formula is C15H23F3N2O. The summed E-state index contributed by atoms with van der Waals surface area (Å²) in [5, 5.41) is 9.45. The Bertz CT molecular complexity index is 395. The summed E-state index contributed by atoms with van der Waals surface area (Å²) in [7, 11) is 0. The Morgan fingerprint density at radius 2 is 1.86 bits per heavy atom. The third-order valence-corrected chi connectivity index (χ3v) is 4.15. The van der Waals surface area contributed by atoms with Crippen LogP contribution >= 0.6 is 0 Å². The van der Waals surface area contributed by atoms with Crippen molar-refractivity contribution in [2.75, 3.05) is 13.1 Å². The number of nitriles is 1. The van der Waals surface area contributed by atoms with Gasteiger partial charge in [0.1, 0.15) is 5.41 Å². The van der Waals surface area contributed by atoms with Crippen LogP contribution in [-0.2, 0) is 4.79 Å². The maximum Gasteiger partial charge on any atom is 0.393 e. The zero-order chi connectivity index (χ0) is 16.1. The molecule has 0 aromatic carbocycles. The molecule has 3 nitrogen and oxygen atoms in total. The normalized spacial score (nSPS) is 20.2. The number of piperidine rings is 1. The van der Waals surface area contributed by atoms with Crippen LogP contribution in [0.15, 0.2) is 0 Å². The molecule has 1 rings (SSSR count). The van der Waals surface area contributed by atoms with E-state index in [1.54, 1.807) is 0 Å². The smallest absolute Gasteiger partial charge is 0.341 e. The molecule has 1 fully saturated rings. The molecule has 0 aromatic heterocycles. The predicted molar refractivity (Wildman–Crippen MR) is 73.2 cm³/mol. The first-order chi connectivity index (χ1) is 9.80. The molecule has 1 atom stereocenters. The first-order valence-electron chi connectivity index (χ1n) is 7.58. The van der Waals surface area contributed by atoms with E-state index in [1.807, 2.05) is 13.8 Å². The molecule has 120 valence electrons. The van der Waals surface area contributed by atoms with Crippen molar-refractivity contribution in [1.29, 1.82) is 5.26 Å². The van der Waals surface area contributed by atoms with Crippen molar-refractivity contribution >= 4 is 5.91 Å². The molecule has 1 amide bonds. The first kappa shape index (κ1) is 17.8. The van der Waals surface area contributed by atoms with Crippen molar-refractivity contribution in [2.24, 2.45) is 11.3 Å². The van der Waals surface area contributed by atoms with Crippen LogP contribution in [0.2, 0.25) is 0 Å². The number of likely N-dealkylation sites (tertiary alicyclic amines) is 1. The number of hydrogen-bond donors (Lipinski definition) is 0. The standard InChI is InChI=1S/C15H23F3N2O/c1-3-7-14(11-19,8-4-2)13(21)20-9-5-6-12(10-20)15(16,17)18/h12H,3-10H2,1-2H3. The molecule has 0 N–H and O–H groups in total. The van der Waals surface area contributed by atoms with Crippen molar-refractivity contribution in [3.05, 3.63) is 0 Å². The van der Waals surface area contributed by atoms with Gasteiger partial charge in [0.15, 0.2) is 0 Å². The summed E-state index contributed by atoms with van der Waals surface area (Å²) >= 11 is 0. The van der Waals surface area contributed by atoms with Gasteiger partial charge >= 0.3 is 6.18 Å². The van der Waals surface area contributed by atoms with Gasteiger partial charge in [-0.2, -0.15) is 18.4 Å². The Labute approximate surface area is 124 Å². The van der Waals surface area contributed by atoms with Gasteiger partial charge in [0, 0.05) is 13.1 Å². The third kappa shape index (κ3) is 4.12. The van der Waals surface area contributed by atoms with Crippen LogP contribution in [-0.4, -0.2) is 30.1 Å². The third-order valence-electron chi connectivity index (χ3n) is 4.15. The molecule has 0 saturated carbocycles. The lowest BCUT2D eigenvalue weighted by Crippen LogP contribution is -2.50. The van der Waals surface area contributed by atoms with Gasteiger partial charge in [0.05, 0.1) is 12.0 Å². The highest BCUT2D eigenvalue weighted by Crippen LogP contribution is 2.37. The lowest BCUT2D eigenvalue weighted by Gasteiger charge is -2.38. The molecule has 1 aliphatic heterocycles. The zero-order valence-corrected chi connectivity index (χ0v) is 12.7. The van der Waals surface area contributed by atoms with E-state index >= 15 is 0 Å². The van der Waals surface area contributed by atoms with E-state index in [9.17, 15) is 23.2 Å². The number of carbonyl (C=O) groups is 1. The summed E-state index contributed by atoms with van der Waals surface area (Å²) in [6.07, 6.45) is -1.73. The lowest BCUT2D eigenvalue weighted by atomic mass is 9.78. The quantitative estimate of drug-likeness (QED) is 0.773. The fraction of sp³-hybridized carbons (Fsp3) is 0.867. The number of rotatable bonds is 5. The summed E-state index contributed by atoms with van der Waals surface area (Å²) in [6.45, 7) is 3.77. The number of amides is 1. The lowest BCUT2D eigenvalue weighted by molar-refractivity contribution is -0.189. The summed E-state index contributed by atoms with van der Waals surface area (Å²) in [5.41, 5.74) is -1.16. The first-order valence-corrected chi connectivity index (χ1v) is 7.58. The van der Waals surface area contributed by atoms with Gasteiger partial charge in [-0.25, -0.2) is 0 Å². The van der Waals surface area contributed by atoms with E-state index in [4.69, 9.17) is 0 Å². The second kappa shape index (κ2) is 7.15. The average molecular weight is 304 g/mol. The van der Waals surface area contributed by atoms with Crippen LogP contribution in [0.25, 0.3) is 0 Å². The van der Waals surface area contributed by atoms with Crippen LogP contribution in [0.4, 0.5) is 13.2 Å². The van der Waals surface area contributed by atoms with E-state index in [0.29, 0.717) is 38.6 Å². The van der Waals surface area contributed by atoms with Crippen LogP contribution in [0.5, 0.6) is 0 Å². The Kier molecular flexibility index (Phi) is 6.06. The molecule has 1 saturated heterocycles. The number of nitrogens with zero attached hydrogens (tertiary/aromatic N) is 2. The average Bonchev–Trinajstić information content (AvgIpc) is 2.45. The largest absolute Gasteiger partial charge is 0.393 e. The molecule has 0 aromatic rings. The van der Waals surface area contributed by atoms with Crippen molar-refractivity contribution < 1.29 is 18.0 Å². The summed E-state index contributed by atoms with van der Waals surface area (Å²) in [6, 6.07) is 2.10. The summed E-state index contributed by atoms with van der Waals surface area (Å²) in [5.74, 6) is -1.88. The van der Waals surface area contributed by atoms with Crippen molar-refractivity contribution in [3.8, 4) is 6.07 Å². The van der Waals surface area contributed by atoms with Gasteiger partial charge in [-0.3, -0.25) is 4.79 Å². The molecule has 6 heteroatoms.